The van der Waals surface area contributed by atoms with E-state index in [0.29, 0.717) is 17.8 Å². The Morgan fingerprint density at radius 2 is 2.29 bits per heavy atom. The smallest absolute Gasteiger partial charge is 0.253 e. The summed E-state index contributed by atoms with van der Waals surface area (Å²) in [5, 5.41) is 12.1. The first-order valence-electron chi connectivity index (χ1n) is 7.72. The fraction of sp³-hybridized carbons (Fsp3) is 0.562. The predicted octanol–water partition coefficient (Wildman–Crippen LogP) is 1.76. The Balaban J connectivity index is 2.35. The quantitative estimate of drug-likeness (QED) is 0.722. The number of carbonyl (C=O) groups excluding carboxylic acids is 1. The van der Waals surface area contributed by atoms with E-state index in [4.69, 9.17) is 5.73 Å². The van der Waals surface area contributed by atoms with Crippen LogP contribution in [0.3, 0.4) is 0 Å². The Labute approximate surface area is 126 Å². The fourth-order valence-corrected chi connectivity index (χ4v) is 3.00. The Kier molecular flexibility index (Phi) is 5.44. The van der Waals surface area contributed by atoms with Gasteiger partial charge in [-0.05, 0) is 50.8 Å². The third-order valence-electron chi connectivity index (χ3n) is 4.00. The molecule has 0 aromatic heterocycles. The molecule has 2 rings (SSSR count). The number of hydrogen-bond donors (Lipinski definition) is 3. The lowest BCUT2D eigenvalue weighted by Gasteiger charge is -2.38. The zero-order valence-corrected chi connectivity index (χ0v) is 12.6. The number of nitrogens with zero attached hydrogens (tertiary/aromatic N) is 1. The van der Waals surface area contributed by atoms with Gasteiger partial charge in [-0.25, -0.2) is 0 Å². The van der Waals surface area contributed by atoms with E-state index in [1.54, 1.807) is 12.1 Å². The molecule has 1 atom stereocenters. The van der Waals surface area contributed by atoms with Crippen molar-refractivity contribution in [3.05, 3.63) is 23.8 Å². The molecule has 1 amide bonds. The standard InChI is InChI=1S/C16H25N3O2/c1-2-18-16(21)14-7-6-12(17)11-15(14)19-9-4-3-5-13(19)8-10-20/h6-7,11,13,20H,2-5,8-10,17H2,1H3,(H,18,21). The van der Waals surface area contributed by atoms with E-state index in [-0.39, 0.29) is 18.6 Å². The average Bonchev–Trinajstić information content (AvgIpc) is 2.48. The summed E-state index contributed by atoms with van der Waals surface area (Å²) in [7, 11) is 0. The molecule has 116 valence electrons. The maximum absolute atomic E-state index is 12.3. The van der Waals surface area contributed by atoms with Gasteiger partial charge in [0.05, 0.1) is 11.3 Å². The molecule has 0 radical (unpaired) electrons. The van der Waals surface area contributed by atoms with Crippen molar-refractivity contribution in [1.29, 1.82) is 0 Å². The Morgan fingerprint density at radius 1 is 1.48 bits per heavy atom. The molecule has 0 spiro atoms. The summed E-state index contributed by atoms with van der Waals surface area (Å²) in [6.07, 6.45) is 4.04. The van der Waals surface area contributed by atoms with Gasteiger partial charge in [0.15, 0.2) is 0 Å². The summed E-state index contributed by atoms with van der Waals surface area (Å²) in [6, 6.07) is 5.71. The van der Waals surface area contributed by atoms with Crippen molar-refractivity contribution in [2.75, 3.05) is 30.3 Å². The monoisotopic (exact) mass is 291 g/mol. The predicted molar refractivity (Wildman–Crippen MR) is 85.5 cm³/mol. The van der Waals surface area contributed by atoms with E-state index in [0.717, 1.165) is 31.5 Å². The summed E-state index contributed by atoms with van der Waals surface area (Å²) in [6.45, 7) is 3.58. The summed E-state index contributed by atoms with van der Waals surface area (Å²) in [5.41, 5.74) is 8.13. The maximum Gasteiger partial charge on any atom is 0.253 e. The molecule has 0 aliphatic carbocycles. The highest BCUT2D eigenvalue weighted by atomic mass is 16.3. The van der Waals surface area contributed by atoms with E-state index < -0.39 is 0 Å². The van der Waals surface area contributed by atoms with Crippen molar-refractivity contribution in [1.82, 2.24) is 5.32 Å². The van der Waals surface area contributed by atoms with Crippen molar-refractivity contribution >= 4 is 17.3 Å². The number of nitrogen functional groups attached to an aromatic ring is 1. The Bertz CT molecular complexity index is 488. The number of aliphatic hydroxyl groups excluding tert-OH is 1. The number of benzene rings is 1. The van der Waals surface area contributed by atoms with Crippen molar-refractivity contribution in [3.63, 3.8) is 0 Å². The molecule has 1 aromatic rings. The number of anilines is 2. The van der Waals surface area contributed by atoms with Gasteiger partial charge in [-0.2, -0.15) is 0 Å². The molecule has 1 saturated heterocycles. The van der Waals surface area contributed by atoms with E-state index in [2.05, 4.69) is 10.2 Å². The molecule has 0 saturated carbocycles. The van der Waals surface area contributed by atoms with Gasteiger partial charge in [-0.3, -0.25) is 4.79 Å². The molecule has 5 nitrogen and oxygen atoms in total. The van der Waals surface area contributed by atoms with E-state index in [9.17, 15) is 9.90 Å². The van der Waals surface area contributed by atoms with Crippen LogP contribution >= 0.6 is 0 Å². The van der Waals surface area contributed by atoms with Crippen LogP contribution in [0, 0.1) is 0 Å². The largest absolute Gasteiger partial charge is 0.399 e. The molecule has 1 aliphatic heterocycles. The summed E-state index contributed by atoms with van der Waals surface area (Å²) in [4.78, 5) is 14.5. The fourth-order valence-electron chi connectivity index (χ4n) is 3.00. The molecular formula is C16H25N3O2. The number of hydrogen-bond acceptors (Lipinski definition) is 4. The lowest BCUT2D eigenvalue weighted by atomic mass is 9.97. The first kappa shape index (κ1) is 15.6. The third kappa shape index (κ3) is 3.67. The van der Waals surface area contributed by atoms with Crippen molar-refractivity contribution < 1.29 is 9.90 Å². The molecule has 1 aromatic carbocycles. The molecule has 4 N–H and O–H groups in total. The van der Waals surface area contributed by atoms with E-state index >= 15 is 0 Å². The van der Waals surface area contributed by atoms with Crippen LogP contribution in [0.15, 0.2) is 18.2 Å². The second kappa shape index (κ2) is 7.31. The summed E-state index contributed by atoms with van der Waals surface area (Å²) in [5.74, 6) is -0.0687. The number of carbonyl (C=O) groups is 1. The normalized spacial score (nSPS) is 18.6. The minimum absolute atomic E-state index is 0.0687. The molecule has 21 heavy (non-hydrogen) atoms. The number of nitrogens with two attached hydrogens (primary N) is 1. The maximum atomic E-state index is 12.3. The van der Waals surface area contributed by atoms with Crippen molar-refractivity contribution in [2.24, 2.45) is 0 Å². The van der Waals surface area contributed by atoms with Gasteiger partial charge in [-0.1, -0.05) is 0 Å². The van der Waals surface area contributed by atoms with Gasteiger partial charge in [0.1, 0.15) is 0 Å². The molecule has 1 heterocycles. The second-order valence-corrected chi connectivity index (χ2v) is 5.49. The van der Waals surface area contributed by atoms with Gasteiger partial charge in [-0.15, -0.1) is 0 Å². The van der Waals surface area contributed by atoms with Crippen LogP contribution in [0.1, 0.15) is 43.0 Å². The van der Waals surface area contributed by atoms with Crippen LogP contribution in [0.4, 0.5) is 11.4 Å². The Morgan fingerprint density at radius 3 is 3.00 bits per heavy atom. The minimum Gasteiger partial charge on any atom is -0.399 e. The Hall–Kier alpha value is -1.75. The number of nitrogens with one attached hydrogen (secondary N) is 1. The van der Waals surface area contributed by atoms with Gasteiger partial charge < -0.3 is 21.1 Å². The number of amides is 1. The van der Waals surface area contributed by atoms with E-state index in [1.807, 2.05) is 13.0 Å². The molecule has 1 fully saturated rings. The summed E-state index contributed by atoms with van der Waals surface area (Å²) < 4.78 is 0. The first-order chi connectivity index (χ1) is 10.2. The van der Waals surface area contributed by atoms with Crippen molar-refractivity contribution in [3.8, 4) is 0 Å². The van der Waals surface area contributed by atoms with Crippen molar-refractivity contribution in [2.45, 2.75) is 38.6 Å². The van der Waals surface area contributed by atoms with Crippen LogP contribution in [0.2, 0.25) is 0 Å². The van der Waals surface area contributed by atoms with E-state index in [1.165, 1.54) is 6.42 Å². The second-order valence-electron chi connectivity index (χ2n) is 5.49. The molecule has 0 bridgehead atoms. The lowest BCUT2D eigenvalue weighted by molar-refractivity contribution is 0.0956. The van der Waals surface area contributed by atoms with Crippen LogP contribution in [0.25, 0.3) is 0 Å². The average molecular weight is 291 g/mol. The topological polar surface area (TPSA) is 78.6 Å². The lowest BCUT2D eigenvalue weighted by Crippen LogP contribution is -2.41. The molecule has 1 aliphatic rings. The summed E-state index contributed by atoms with van der Waals surface area (Å²) >= 11 is 0. The first-order valence-corrected chi connectivity index (χ1v) is 7.72. The van der Waals surface area contributed by atoms with Crippen LogP contribution in [0.5, 0.6) is 0 Å². The zero-order chi connectivity index (χ0) is 15.2. The van der Waals surface area contributed by atoms with Gasteiger partial charge in [0.2, 0.25) is 0 Å². The molecule has 1 unspecified atom stereocenters. The number of rotatable bonds is 5. The van der Waals surface area contributed by atoms with Crippen LogP contribution < -0.4 is 16.0 Å². The van der Waals surface area contributed by atoms with Gasteiger partial charge in [0, 0.05) is 31.4 Å². The highest BCUT2D eigenvalue weighted by Crippen LogP contribution is 2.31. The SMILES string of the molecule is CCNC(=O)c1ccc(N)cc1N1CCCCC1CCO. The van der Waals surface area contributed by atoms with Gasteiger partial charge in [0.25, 0.3) is 5.91 Å². The molecule has 5 heteroatoms. The zero-order valence-electron chi connectivity index (χ0n) is 12.6. The highest BCUT2D eigenvalue weighted by Gasteiger charge is 2.25. The number of aliphatic hydroxyl groups is 1. The third-order valence-corrected chi connectivity index (χ3v) is 4.00. The molecular weight excluding hydrogens is 266 g/mol. The van der Waals surface area contributed by atoms with Gasteiger partial charge >= 0.3 is 0 Å². The van der Waals surface area contributed by atoms with Crippen LogP contribution in [-0.2, 0) is 0 Å². The number of piperidine rings is 1. The minimum atomic E-state index is -0.0687. The highest BCUT2D eigenvalue weighted by molar-refractivity contribution is 6.00. The van der Waals surface area contributed by atoms with Crippen LogP contribution in [-0.4, -0.2) is 36.8 Å².